The molecule has 1 aromatic heterocycles. The molecule has 3 N–H and O–H groups in total. The molecule has 6 heteroatoms. The Hall–Kier alpha value is -0.840. The monoisotopic (exact) mass is 291 g/mol. The van der Waals surface area contributed by atoms with Gasteiger partial charge in [0.1, 0.15) is 5.82 Å². The van der Waals surface area contributed by atoms with Crippen LogP contribution in [0.1, 0.15) is 24.8 Å². The van der Waals surface area contributed by atoms with Crippen molar-refractivity contribution in [3.8, 4) is 0 Å². The van der Waals surface area contributed by atoms with Gasteiger partial charge in [-0.2, -0.15) is 0 Å². The van der Waals surface area contributed by atoms with Gasteiger partial charge in [-0.25, -0.2) is 4.98 Å². The van der Waals surface area contributed by atoms with Crippen LogP contribution in [0, 0.1) is 12.8 Å². The summed E-state index contributed by atoms with van der Waals surface area (Å²) in [6.45, 7) is 1.98. The quantitative estimate of drug-likeness (QED) is 0.879. The van der Waals surface area contributed by atoms with Crippen LogP contribution in [-0.2, 0) is 4.79 Å². The van der Waals surface area contributed by atoms with Crippen molar-refractivity contribution in [1.82, 2.24) is 4.98 Å². The Morgan fingerprint density at radius 2 is 2.17 bits per heavy atom. The fourth-order valence-electron chi connectivity index (χ4n) is 2.09. The molecule has 2 atom stereocenters. The molecular formula is C12H19Cl2N3O. The van der Waals surface area contributed by atoms with Crippen molar-refractivity contribution in [3.63, 3.8) is 0 Å². The van der Waals surface area contributed by atoms with E-state index in [0.717, 1.165) is 24.8 Å². The van der Waals surface area contributed by atoms with E-state index in [-0.39, 0.29) is 42.7 Å². The molecule has 1 heterocycles. The van der Waals surface area contributed by atoms with Gasteiger partial charge in [0.25, 0.3) is 0 Å². The number of aromatic nitrogens is 1. The van der Waals surface area contributed by atoms with Gasteiger partial charge >= 0.3 is 0 Å². The van der Waals surface area contributed by atoms with Crippen LogP contribution in [0.15, 0.2) is 18.3 Å². The van der Waals surface area contributed by atoms with Gasteiger partial charge in [-0.3, -0.25) is 4.79 Å². The number of anilines is 1. The maximum Gasteiger partial charge on any atom is 0.228 e. The van der Waals surface area contributed by atoms with Gasteiger partial charge in [-0.05, 0) is 43.9 Å². The van der Waals surface area contributed by atoms with Crippen molar-refractivity contribution in [3.05, 3.63) is 23.9 Å². The minimum atomic E-state index is 0. The highest BCUT2D eigenvalue weighted by molar-refractivity contribution is 5.91. The summed E-state index contributed by atoms with van der Waals surface area (Å²) in [5.41, 5.74) is 6.88. The largest absolute Gasteiger partial charge is 0.328 e. The summed E-state index contributed by atoms with van der Waals surface area (Å²) in [5.74, 6) is 0.730. The van der Waals surface area contributed by atoms with Crippen molar-refractivity contribution in [2.75, 3.05) is 5.32 Å². The first-order valence-corrected chi connectivity index (χ1v) is 5.64. The Morgan fingerprint density at radius 3 is 2.72 bits per heavy atom. The van der Waals surface area contributed by atoms with Gasteiger partial charge in [0.15, 0.2) is 0 Å². The molecule has 1 aromatic rings. The number of rotatable bonds is 2. The molecule has 4 nitrogen and oxygen atoms in total. The van der Waals surface area contributed by atoms with Crippen LogP contribution >= 0.6 is 24.8 Å². The Bertz CT molecular complexity index is 401. The molecule has 1 aliphatic carbocycles. The van der Waals surface area contributed by atoms with Crippen LogP contribution < -0.4 is 11.1 Å². The SMILES string of the molecule is Cc1ccnc(NC(=O)C2CCC(N)C2)c1.Cl.Cl. The lowest BCUT2D eigenvalue weighted by Gasteiger charge is -2.10. The first-order chi connectivity index (χ1) is 7.65. The lowest BCUT2D eigenvalue weighted by atomic mass is 10.1. The first kappa shape index (κ1) is 17.2. The molecule has 0 spiro atoms. The molecule has 2 rings (SSSR count). The molecule has 18 heavy (non-hydrogen) atoms. The summed E-state index contributed by atoms with van der Waals surface area (Å²) >= 11 is 0. The van der Waals surface area contributed by atoms with E-state index < -0.39 is 0 Å². The van der Waals surface area contributed by atoms with E-state index in [1.165, 1.54) is 0 Å². The van der Waals surface area contributed by atoms with Crippen LogP contribution in [0.2, 0.25) is 0 Å². The summed E-state index contributed by atoms with van der Waals surface area (Å²) < 4.78 is 0. The highest BCUT2D eigenvalue weighted by atomic mass is 35.5. The Kier molecular flexibility index (Phi) is 7.21. The number of aryl methyl sites for hydroxylation is 1. The molecule has 0 aromatic carbocycles. The third-order valence-corrected chi connectivity index (χ3v) is 3.01. The van der Waals surface area contributed by atoms with Crippen LogP contribution in [0.5, 0.6) is 0 Å². The lowest BCUT2D eigenvalue weighted by molar-refractivity contribution is -0.119. The van der Waals surface area contributed by atoms with Crippen LogP contribution in [-0.4, -0.2) is 16.9 Å². The predicted octanol–water partition coefficient (Wildman–Crippen LogP) is 2.30. The average Bonchev–Trinajstić information content (AvgIpc) is 2.65. The molecule has 1 saturated carbocycles. The highest BCUT2D eigenvalue weighted by Crippen LogP contribution is 2.25. The highest BCUT2D eigenvalue weighted by Gasteiger charge is 2.27. The number of hydrogen-bond donors (Lipinski definition) is 2. The number of carbonyl (C=O) groups is 1. The normalized spacial score (nSPS) is 21.7. The van der Waals surface area contributed by atoms with Gasteiger partial charge in [0.05, 0.1) is 0 Å². The number of pyridine rings is 1. The molecule has 1 aliphatic rings. The molecule has 0 saturated heterocycles. The fraction of sp³-hybridized carbons (Fsp3) is 0.500. The third-order valence-electron chi connectivity index (χ3n) is 3.01. The van der Waals surface area contributed by atoms with E-state index >= 15 is 0 Å². The number of halogens is 2. The second kappa shape index (κ2) is 7.56. The zero-order valence-electron chi connectivity index (χ0n) is 10.3. The minimum Gasteiger partial charge on any atom is -0.328 e. The molecule has 0 bridgehead atoms. The van der Waals surface area contributed by atoms with E-state index in [2.05, 4.69) is 10.3 Å². The number of nitrogens with two attached hydrogens (primary N) is 1. The van der Waals surface area contributed by atoms with Crippen molar-refractivity contribution in [2.24, 2.45) is 11.7 Å². The maximum atomic E-state index is 11.9. The van der Waals surface area contributed by atoms with E-state index in [1.54, 1.807) is 6.20 Å². The van der Waals surface area contributed by atoms with Crippen molar-refractivity contribution < 1.29 is 4.79 Å². The predicted molar refractivity (Wildman–Crippen MR) is 77.4 cm³/mol. The van der Waals surface area contributed by atoms with E-state index in [1.807, 2.05) is 19.1 Å². The number of carbonyl (C=O) groups excluding carboxylic acids is 1. The molecule has 0 radical (unpaired) electrons. The Morgan fingerprint density at radius 1 is 1.44 bits per heavy atom. The molecule has 102 valence electrons. The number of amides is 1. The van der Waals surface area contributed by atoms with Crippen molar-refractivity contribution in [1.29, 1.82) is 0 Å². The van der Waals surface area contributed by atoms with E-state index in [0.29, 0.717) is 5.82 Å². The van der Waals surface area contributed by atoms with E-state index in [9.17, 15) is 4.79 Å². The van der Waals surface area contributed by atoms with Gasteiger partial charge in [-0.1, -0.05) is 0 Å². The van der Waals surface area contributed by atoms with Gasteiger partial charge in [0.2, 0.25) is 5.91 Å². The smallest absolute Gasteiger partial charge is 0.228 e. The fourth-order valence-corrected chi connectivity index (χ4v) is 2.09. The topological polar surface area (TPSA) is 68.0 Å². The Labute approximate surface area is 120 Å². The van der Waals surface area contributed by atoms with Crippen molar-refractivity contribution >= 4 is 36.5 Å². The maximum absolute atomic E-state index is 11.9. The summed E-state index contributed by atoms with van der Waals surface area (Å²) in [7, 11) is 0. The molecule has 1 fully saturated rings. The molecule has 1 amide bonds. The summed E-state index contributed by atoms with van der Waals surface area (Å²) in [6, 6.07) is 3.95. The second-order valence-electron chi connectivity index (χ2n) is 4.48. The summed E-state index contributed by atoms with van der Waals surface area (Å²) in [6.07, 6.45) is 4.32. The Balaban J connectivity index is 0.00000144. The number of nitrogens with zero attached hydrogens (tertiary/aromatic N) is 1. The lowest BCUT2D eigenvalue weighted by Crippen LogP contribution is -2.23. The minimum absolute atomic E-state index is 0. The van der Waals surface area contributed by atoms with Gasteiger partial charge in [-0.15, -0.1) is 24.8 Å². The third kappa shape index (κ3) is 4.44. The first-order valence-electron chi connectivity index (χ1n) is 5.64. The van der Waals surface area contributed by atoms with Crippen molar-refractivity contribution in [2.45, 2.75) is 32.2 Å². The zero-order valence-corrected chi connectivity index (χ0v) is 11.9. The van der Waals surface area contributed by atoms with Crippen LogP contribution in [0.4, 0.5) is 5.82 Å². The summed E-state index contributed by atoms with van der Waals surface area (Å²) in [5, 5.41) is 2.84. The average molecular weight is 292 g/mol. The molecule has 0 aliphatic heterocycles. The number of nitrogens with one attached hydrogen (secondary N) is 1. The zero-order chi connectivity index (χ0) is 11.5. The van der Waals surface area contributed by atoms with Crippen LogP contribution in [0.3, 0.4) is 0 Å². The second-order valence-corrected chi connectivity index (χ2v) is 4.48. The van der Waals surface area contributed by atoms with Gasteiger partial charge < -0.3 is 11.1 Å². The van der Waals surface area contributed by atoms with Crippen LogP contribution in [0.25, 0.3) is 0 Å². The standard InChI is InChI=1S/C12H17N3O.2ClH/c1-8-4-5-14-11(6-8)15-12(16)9-2-3-10(13)7-9;;/h4-6,9-10H,2-3,7,13H2,1H3,(H,14,15,16);2*1H. The molecule has 2 unspecified atom stereocenters. The van der Waals surface area contributed by atoms with Gasteiger partial charge in [0, 0.05) is 18.2 Å². The number of hydrogen-bond acceptors (Lipinski definition) is 3. The van der Waals surface area contributed by atoms with E-state index in [4.69, 9.17) is 5.73 Å². The summed E-state index contributed by atoms with van der Waals surface area (Å²) in [4.78, 5) is 16.0. The molecular weight excluding hydrogens is 273 g/mol.